The van der Waals surface area contributed by atoms with Crippen LogP contribution in [-0.4, -0.2) is 60.1 Å². The molecular weight excluding hydrogens is 228 g/mol. The van der Waals surface area contributed by atoms with E-state index in [0.717, 1.165) is 6.54 Å². The van der Waals surface area contributed by atoms with Gasteiger partial charge in [-0.1, -0.05) is 26.7 Å². The molecule has 4 heteroatoms. The number of aliphatic hydroxyl groups is 1. The molecule has 0 aliphatic heterocycles. The summed E-state index contributed by atoms with van der Waals surface area (Å²) in [5, 5.41) is 9.74. The Balaban J connectivity index is 2.31. The Labute approximate surface area is 111 Å². The number of likely N-dealkylation sites (N-methyl/N-ethyl adjacent to an activating group) is 2. The Kier molecular flexibility index (Phi) is 6.09. The Bertz CT molecular complexity index is 263. The smallest absolute Gasteiger partial charge is 0.251 e. The Hall–Kier alpha value is -0.610. The summed E-state index contributed by atoms with van der Waals surface area (Å²) in [6, 6.07) is 0.684. The zero-order valence-electron chi connectivity index (χ0n) is 12.2. The first kappa shape index (κ1) is 15.4. The van der Waals surface area contributed by atoms with Gasteiger partial charge in [0.2, 0.25) is 0 Å². The SMILES string of the molecule is CC(C)C(O)C(=O)N(C)CCN(C)C1CCCC1. The molecule has 106 valence electrons. The molecule has 1 aliphatic rings. The van der Waals surface area contributed by atoms with Gasteiger partial charge in [-0.2, -0.15) is 0 Å². The van der Waals surface area contributed by atoms with E-state index in [4.69, 9.17) is 0 Å². The molecule has 1 saturated carbocycles. The van der Waals surface area contributed by atoms with Gasteiger partial charge in [0.1, 0.15) is 6.10 Å². The minimum absolute atomic E-state index is 0.0208. The van der Waals surface area contributed by atoms with Crippen molar-refractivity contribution >= 4 is 5.91 Å². The average molecular weight is 256 g/mol. The third-order valence-electron chi connectivity index (χ3n) is 4.00. The van der Waals surface area contributed by atoms with Gasteiger partial charge in [0.15, 0.2) is 0 Å². The Morgan fingerprint density at radius 2 is 1.78 bits per heavy atom. The third-order valence-corrected chi connectivity index (χ3v) is 4.00. The molecule has 1 aliphatic carbocycles. The predicted octanol–water partition coefficient (Wildman–Crippen LogP) is 1.34. The predicted molar refractivity (Wildman–Crippen MR) is 73.4 cm³/mol. The van der Waals surface area contributed by atoms with Crippen LogP contribution in [0.25, 0.3) is 0 Å². The van der Waals surface area contributed by atoms with Crippen molar-refractivity contribution in [2.75, 3.05) is 27.2 Å². The van der Waals surface area contributed by atoms with Crippen molar-refractivity contribution in [3.8, 4) is 0 Å². The molecule has 4 nitrogen and oxygen atoms in total. The molecule has 18 heavy (non-hydrogen) atoms. The van der Waals surface area contributed by atoms with Gasteiger partial charge in [-0.05, 0) is 25.8 Å². The number of hydrogen-bond acceptors (Lipinski definition) is 3. The topological polar surface area (TPSA) is 43.8 Å². The first-order valence-electron chi connectivity index (χ1n) is 7.06. The third kappa shape index (κ3) is 4.25. The maximum Gasteiger partial charge on any atom is 0.251 e. The number of hydrogen-bond donors (Lipinski definition) is 1. The van der Waals surface area contributed by atoms with E-state index in [-0.39, 0.29) is 11.8 Å². The molecule has 0 bridgehead atoms. The van der Waals surface area contributed by atoms with Crippen molar-refractivity contribution in [2.45, 2.75) is 51.7 Å². The number of nitrogens with zero attached hydrogens (tertiary/aromatic N) is 2. The van der Waals surface area contributed by atoms with E-state index in [2.05, 4.69) is 11.9 Å². The van der Waals surface area contributed by atoms with E-state index >= 15 is 0 Å². The Morgan fingerprint density at radius 1 is 1.22 bits per heavy atom. The summed E-state index contributed by atoms with van der Waals surface area (Å²) in [5.74, 6) is -0.183. The standard InChI is InChI=1S/C14H28N2O2/c1-11(2)13(17)14(18)16(4)10-9-15(3)12-7-5-6-8-12/h11-13,17H,5-10H2,1-4H3. The van der Waals surface area contributed by atoms with Gasteiger partial charge in [0.25, 0.3) is 5.91 Å². The summed E-state index contributed by atoms with van der Waals surface area (Å²) in [4.78, 5) is 15.9. The number of amides is 1. The number of rotatable bonds is 6. The van der Waals surface area contributed by atoms with Gasteiger partial charge < -0.3 is 14.9 Å². The summed E-state index contributed by atoms with van der Waals surface area (Å²) in [5.41, 5.74) is 0. The van der Waals surface area contributed by atoms with Crippen LogP contribution in [0.2, 0.25) is 0 Å². The van der Waals surface area contributed by atoms with E-state index in [1.165, 1.54) is 25.7 Å². The summed E-state index contributed by atoms with van der Waals surface area (Å²) >= 11 is 0. The first-order chi connectivity index (χ1) is 8.43. The van der Waals surface area contributed by atoms with E-state index < -0.39 is 6.10 Å². The van der Waals surface area contributed by atoms with Crippen LogP contribution in [0.15, 0.2) is 0 Å². The van der Waals surface area contributed by atoms with Crippen molar-refractivity contribution in [1.82, 2.24) is 9.80 Å². The lowest BCUT2D eigenvalue weighted by molar-refractivity contribution is -0.141. The zero-order valence-corrected chi connectivity index (χ0v) is 12.2. The fourth-order valence-corrected chi connectivity index (χ4v) is 2.46. The van der Waals surface area contributed by atoms with Crippen LogP contribution in [0.3, 0.4) is 0 Å². The second-order valence-corrected chi connectivity index (χ2v) is 5.87. The summed E-state index contributed by atoms with van der Waals surface area (Å²) < 4.78 is 0. The van der Waals surface area contributed by atoms with Gasteiger partial charge in [-0.15, -0.1) is 0 Å². The molecule has 1 amide bonds. The van der Waals surface area contributed by atoms with Crippen molar-refractivity contribution < 1.29 is 9.90 Å². The molecule has 0 aromatic rings. The van der Waals surface area contributed by atoms with Crippen molar-refractivity contribution in [1.29, 1.82) is 0 Å². The highest BCUT2D eigenvalue weighted by Gasteiger charge is 2.24. The second-order valence-electron chi connectivity index (χ2n) is 5.87. The molecule has 0 radical (unpaired) electrons. The van der Waals surface area contributed by atoms with Gasteiger partial charge >= 0.3 is 0 Å². The summed E-state index contributed by atoms with van der Waals surface area (Å²) in [6.45, 7) is 5.30. The monoisotopic (exact) mass is 256 g/mol. The molecule has 0 spiro atoms. The number of carbonyl (C=O) groups is 1. The minimum Gasteiger partial charge on any atom is -0.383 e. The zero-order chi connectivity index (χ0) is 13.7. The molecule has 0 saturated heterocycles. The largest absolute Gasteiger partial charge is 0.383 e. The maximum absolute atomic E-state index is 11.9. The molecule has 0 heterocycles. The van der Waals surface area contributed by atoms with Gasteiger partial charge in [-0.25, -0.2) is 0 Å². The lowest BCUT2D eigenvalue weighted by Crippen LogP contribution is -2.43. The molecule has 0 aromatic heterocycles. The highest BCUT2D eigenvalue weighted by Crippen LogP contribution is 2.22. The molecule has 1 atom stereocenters. The van der Waals surface area contributed by atoms with Gasteiger partial charge in [0.05, 0.1) is 0 Å². The van der Waals surface area contributed by atoms with Crippen LogP contribution in [0.5, 0.6) is 0 Å². The summed E-state index contributed by atoms with van der Waals surface area (Å²) in [7, 11) is 3.91. The molecule has 1 N–H and O–H groups in total. The molecule has 1 fully saturated rings. The fraction of sp³-hybridized carbons (Fsp3) is 0.929. The first-order valence-corrected chi connectivity index (χ1v) is 7.06. The van der Waals surface area contributed by atoms with Crippen LogP contribution in [-0.2, 0) is 4.79 Å². The maximum atomic E-state index is 11.9. The molecule has 1 unspecified atom stereocenters. The molecular formula is C14H28N2O2. The normalized spacial score (nSPS) is 18.6. The lowest BCUT2D eigenvalue weighted by Gasteiger charge is -2.28. The van der Waals surface area contributed by atoms with E-state index in [1.54, 1.807) is 11.9 Å². The lowest BCUT2D eigenvalue weighted by atomic mass is 10.1. The second kappa shape index (κ2) is 7.10. The number of aliphatic hydroxyl groups excluding tert-OH is 1. The summed E-state index contributed by atoms with van der Waals surface area (Å²) in [6.07, 6.45) is 4.35. The fourth-order valence-electron chi connectivity index (χ4n) is 2.46. The van der Waals surface area contributed by atoms with Crippen molar-refractivity contribution in [2.24, 2.45) is 5.92 Å². The average Bonchev–Trinajstić information content (AvgIpc) is 2.87. The van der Waals surface area contributed by atoms with E-state index in [1.807, 2.05) is 13.8 Å². The van der Waals surface area contributed by atoms with Crippen LogP contribution in [0, 0.1) is 5.92 Å². The van der Waals surface area contributed by atoms with E-state index in [9.17, 15) is 9.90 Å². The quantitative estimate of drug-likeness (QED) is 0.780. The highest BCUT2D eigenvalue weighted by atomic mass is 16.3. The van der Waals surface area contributed by atoms with Crippen LogP contribution >= 0.6 is 0 Å². The Morgan fingerprint density at radius 3 is 2.28 bits per heavy atom. The van der Waals surface area contributed by atoms with Crippen LogP contribution in [0.4, 0.5) is 0 Å². The molecule has 1 rings (SSSR count). The van der Waals surface area contributed by atoms with Crippen molar-refractivity contribution in [3.63, 3.8) is 0 Å². The minimum atomic E-state index is -0.869. The van der Waals surface area contributed by atoms with Gasteiger partial charge in [0, 0.05) is 26.2 Å². The van der Waals surface area contributed by atoms with E-state index in [0.29, 0.717) is 12.6 Å². The van der Waals surface area contributed by atoms with Gasteiger partial charge in [-0.3, -0.25) is 4.79 Å². The highest BCUT2D eigenvalue weighted by molar-refractivity contribution is 5.80. The van der Waals surface area contributed by atoms with Crippen LogP contribution in [0.1, 0.15) is 39.5 Å². The number of carbonyl (C=O) groups excluding carboxylic acids is 1. The molecule has 0 aromatic carbocycles. The van der Waals surface area contributed by atoms with Crippen molar-refractivity contribution in [3.05, 3.63) is 0 Å². The van der Waals surface area contributed by atoms with Crippen LogP contribution < -0.4 is 0 Å².